The third kappa shape index (κ3) is 5.12. The molecule has 0 radical (unpaired) electrons. The molecule has 2 aromatic carbocycles. The van der Waals surface area contributed by atoms with Crippen molar-refractivity contribution in [2.24, 2.45) is 0 Å². The van der Waals surface area contributed by atoms with E-state index in [1.165, 1.54) is 19.3 Å². The van der Waals surface area contributed by atoms with Crippen LogP contribution in [0.1, 0.15) is 36.2 Å². The predicted molar refractivity (Wildman–Crippen MR) is 132 cm³/mol. The first-order valence-corrected chi connectivity index (χ1v) is 11.8. The van der Waals surface area contributed by atoms with Crippen LogP contribution in [-0.4, -0.2) is 32.8 Å². The van der Waals surface area contributed by atoms with Gasteiger partial charge in [-0.05, 0) is 44.4 Å². The van der Waals surface area contributed by atoms with Crippen LogP contribution in [0.15, 0.2) is 72.9 Å². The van der Waals surface area contributed by atoms with E-state index < -0.39 is 0 Å². The van der Waals surface area contributed by atoms with Gasteiger partial charge in [-0.3, -0.25) is 0 Å². The highest BCUT2D eigenvalue weighted by Gasteiger charge is 2.15. The Morgan fingerprint density at radius 3 is 2.33 bits per heavy atom. The summed E-state index contributed by atoms with van der Waals surface area (Å²) >= 11 is 0. The number of nitrogens with zero attached hydrogens (tertiary/aromatic N) is 5. The number of benzene rings is 2. The molecule has 33 heavy (non-hydrogen) atoms. The van der Waals surface area contributed by atoms with Crippen molar-refractivity contribution in [2.75, 3.05) is 18.0 Å². The Morgan fingerprint density at radius 2 is 1.58 bits per heavy atom. The number of anilines is 1. The van der Waals surface area contributed by atoms with E-state index in [2.05, 4.69) is 70.8 Å². The summed E-state index contributed by atoms with van der Waals surface area (Å²) < 4.78 is 1.96. The lowest BCUT2D eigenvalue weighted by Crippen LogP contribution is -2.31. The van der Waals surface area contributed by atoms with E-state index in [0.29, 0.717) is 13.1 Å². The number of para-hydroxylation sites is 1. The third-order valence-corrected chi connectivity index (χ3v) is 6.01. The predicted octanol–water partition coefficient (Wildman–Crippen LogP) is 4.92. The Kier molecular flexibility index (Phi) is 6.44. The lowest BCUT2D eigenvalue weighted by molar-refractivity contribution is 0.565. The fraction of sp³-hybridized carbons (Fsp3) is 0.296. The Hall–Kier alpha value is -3.51. The zero-order chi connectivity index (χ0) is 22.5. The SMILES string of the molecule is Cc1cc(CNCc2cn(-c3ccccc3)nc2-c2ccccc2)nc(N2CCCCC2)n1. The summed E-state index contributed by atoms with van der Waals surface area (Å²) in [6.07, 6.45) is 5.86. The van der Waals surface area contributed by atoms with Gasteiger partial charge < -0.3 is 10.2 Å². The normalized spacial score (nSPS) is 13.9. The Balaban J connectivity index is 1.34. The molecule has 6 nitrogen and oxygen atoms in total. The molecule has 1 aliphatic rings. The van der Waals surface area contributed by atoms with Crippen LogP contribution in [0.5, 0.6) is 0 Å². The van der Waals surface area contributed by atoms with Gasteiger partial charge in [0.1, 0.15) is 0 Å². The van der Waals surface area contributed by atoms with Crippen LogP contribution in [0.2, 0.25) is 0 Å². The summed E-state index contributed by atoms with van der Waals surface area (Å²) in [4.78, 5) is 11.9. The molecule has 168 valence electrons. The average molecular weight is 439 g/mol. The lowest BCUT2D eigenvalue weighted by atomic mass is 10.1. The number of aryl methyl sites for hydroxylation is 1. The molecule has 0 spiro atoms. The summed E-state index contributed by atoms with van der Waals surface area (Å²) in [7, 11) is 0. The molecule has 6 heteroatoms. The molecule has 0 atom stereocenters. The highest BCUT2D eigenvalue weighted by Crippen LogP contribution is 2.24. The molecule has 0 unspecified atom stereocenters. The summed E-state index contributed by atoms with van der Waals surface area (Å²) in [5, 5.41) is 8.50. The minimum Gasteiger partial charge on any atom is -0.341 e. The monoisotopic (exact) mass is 438 g/mol. The second-order valence-corrected chi connectivity index (χ2v) is 8.60. The van der Waals surface area contributed by atoms with Crippen molar-refractivity contribution in [1.29, 1.82) is 0 Å². The minimum absolute atomic E-state index is 0.689. The molecule has 0 amide bonds. The molecule has 1 fully saturated rings. The maximum Gasteiger partial charge on any atom is 0.225 e. The highest BCUT2D eigenvalue weighted by molar-refractivity contribution is 5.63. The standard InChI is InChI=1S/C27H30N6/c1-21-17-24(30-27(29-21)32-15-9-4-10-16-32)19-28-18-23-20-33(25-13-7-3-8-14-25)31-26(23)22-11-5-2-6-12-22/h2-3,5-8,11-14,17,20,28H,4,9-10,15-16,18-19H2,1H3. The van der Waals surface area contributed by atoms with Crippen LogP contribution in [0, 0.1) is 6.92 Å². The molecule has 0 bridgehead atoms. The van der Waals surface area contributed by atoms with Gasteiger partial charge in [0.25, 0.3) is 0 Å². The number of aromatic nitrogens is 4. The van der Waals surface area contributed by atoms with Crippen molar-refractivity contribution < 1.29 is 0 Å². The van der Waals surface area contributed by atoms with E-state index in [9.17, 15) is 0 Å². The van der Waals surface area contributed by atoms with Gasteiger partial charge in [-0.1, -0.05) is 48.5 Å². The van der Waals surface area contributed by atoms with Crippen molar-refractivity contribution in [3.63, 3.8) is 0 Å². The lowest BCUT2D eigenvalue weighted by Gasteiger charge is -2.27. The molecule has 0 saturated carbocycles. The van der Waals surface area contributed by atoms with Gasteiger partial charge in [-0.25, -0.2) is 14.6 Å². The number of hydrogen-bond donors (Lipinski definition) is 1. The maximum absolute atomic E-state index is 4.91. The van der Waals surface area contributed by atoms with Gasteiger partial charge in [0, 0.05) is 49.2 Å². The first-order valence-electron chi connectivity index (χ1n) is 11.8. The van der Waals surface area contributed by atoms with Gasteiger partial charge in [-0.15, -0.1) is 0 Å². The molecule has 4 aromatic rings. The summed E-state index contributed by atoms with van der Waals surface area (Å²) in [5.41, 5.74) is 6.38. The van der Waals surface area contributed by atoms with Crippen molar-refractivity contribution in [1.82, 2.24) is 25.1 Å². The van der Waals surface area contributed by atoms with Crippen LogP contribution in [0.25, 0.3) is 16.9 Å². The van der Waals surface area contributed by atoms with E-state index in [0.717, 1.165) is 52.9 Å². The van der Waals surface area contributed by atoms with Crippen LogP contribution >= 0.6 is 0 Å². The van der Waals surface area contributed by atoms with E-state index in [1.54, 1.807) is 0 Å². The van der Waals surface area contributed by atoms with Gasteiger partial charge in [0.05, 0.1) is 17.1 Å². The number of piperidine rings is 1. The van der Waals surface area contributed by atoms with Crippen LogP contribution < -0.4 is 10.2 Å². The van der Waals surface area contributed by atoms with E-state index in [-0.39, 0.29) is 0 Å². The Labute approximate surface area is 195 Å². The largest absolute Gasteiger partial charge is 0.341 e. The zero-order valence-corrected chi connectivity index (χ0v) is 19.1. The average Bonchev–Trinajstić information content (AvgIpc) is 3.30. The molecule has 1 aliphatic heterocycles. The van der Waals surface area contributed by atoms with Crippen molar-refractivity contribution in [2.45, 2.75) is 39.3 Å². The van der Waals surface area contributed by atoms with E-state index >= 15 is 0 Å². The number of hydrogen-bond acceptors (Lipinski definition) is 5. The van der Waals surface area contributed by atoms with Gasteiger partial charge >= 0.3 is 0 Å². The summed E-state index contributed by atoms with van der Waals surface area (Å²) in [6, 6.07) is 22.7. The molecule has 1 N–H and O–H groups in total. The quantitative estimate of drug-likeness (QED) is 0.444. The van der Waals surface area contributed by atoms with E-state index in [1.807, 2.05) is 28.9 Å². The zero-order valence-electron chi connectivity index (χ0n) is 19.1. The molecule has 0 aliphatic carbocycles. The van der Waals surface area contributed by atoms with Gasteiger partial charge in [0.2, 0.25) is 5.95 Å². The Bertz CT molecular complexity index is 1180. The van der Waals surface area contributed by atoms with Crippen molar-refractivity contribution in [3.05, 3.63) is 89.9 Å². The van der Waals surface area contributed by atoms with Crippen LogP contribution in [-0.2, 0) is 13.1 Å². The fourth-order valence-electron chi connectivity index (χ4n) is 4.36. The number of rotatable bonds is 7. The molecule has 2 aromatic heterocycles. The smallest absolute Gasteiger partial charge is 0.225 e. The minimum atomic E-state index is 0.689. The highest BCUT2D eigenvalue weighted by atomic mass is 15.3. The first kappa shape index (κ1) is 21.3. The van der Waals surface area contributed by atoms with Crippen molar-refractivity contribution in [3.8, 4) is 16.9 Å². The van der Waals surface area contributed by atoms with Crippen LogP contribution in [0.3, 0.4) is 0 Å². The second-order valence-electron chi connectivity index (χ2n) is 8.60. The van der Waals surface area contributed by atoms with Gasteiger partial charge in [0.15, 0.2) is 0 Å². The van der Waals surface area contributed by atoms with Crippen LogP contribution in [0.4, 0.5) is 5.95 Å². The molecule has 5 rings (SSSR count). The second kappa shape index (κ2) is 9.96. The Morgan fingerprint density at radius 1 is 0.848 bits per heavy atom. The molecule has 3 heterocycles. The third-order valence-electron chi connectivity index (χ3n) is 6.01. The number of nitrogens with one attached hydrogen (secondary N) is 1. The maximum atomic E-state index is 4.91. The summed E-state index contributed by atoms with van der Waals surface area (Å²) in [6.45, 7) is 5.55. The summed E-state index contributed by atoms with van der Waals surface area (Å²) in [5.74, 6) is 0.869. The molecular weight excluding hydrogens is 408 g/mol. The molecular formula is C27H30N6. The first-order chi connectivity index (χ1) is 16.3. The van der Waals surface area contributed by atoms with Gasteiger partial charge in [-0.2, -0.15) is 5.10 Å². The van der Waals surface area contributed by atoms with E-state index in [4.69, 9.17) is 10.1 Å². The fourth-order valence-corrected chi connectivity index (χ4v) is 4.36. The molecule has 1 saturated heterocycles. The topological polar surface area (TPSA) is 58.9 Å². The van der Waals surface area contributed by atoms with Crippen molar-refractivity contribution >= 4 is 5.95 Å².